The van der Waals surface area contributed by atoms with Crippen molar-refractivity contribution in [1.82, 2.24) is 0 Å². The highest BCUT2D eigenvalue weighted by atomic mass is 16.5. The summed E-state index contributed by atoms with van der Waals surface area (Å²) in [5, 5.41) is 5.62. The molecule has 0 spiro atoms. The number of hydrogen-bond acceptors (Lipinski definition) is 4. The normalized spacial score (nSPS) is 13.0. The third-order valence-corrected chi connectivity index (χ3v) is 4.37. The maximum atomic E-state index is 12.6. The van der Waals surface area contributed by atoms with E-state index < -0.39 is 5.97 Å². The minimum absolute atomic E-state index is 0.199. The maximum Gasteiger partial charge on any atom is 0.308 e. The van der Waals surface area contributed by atoms with Crippen LogP contribution in [0.1, 0.15) is 43.0 Å². The molecule has 6 heteroatoms. The SMILES string of the molecule is CC(=O)Oc1cccc(C(=O)Nc2ccccc2NC(=O)C=C2CCCC2)c1. The maximum absolute atomic E-state index is 12.6. The van der Waals surface area contributed by atoms with Crippen molar-refractivity contribution in [1.29, 1.82) is 0 Å². The average molecular weight is 378 g/mol. The van der Waals surface area contributed by atoms with Crippen LogP contribution >= 0.6 is 0 Å². The van der Waals surface area contributed by atoms with Crippen molar-refractivity contribution in [2.75, 3.05) is 10.6 Å². The zero-order valence-corrected chi connectivity index (χ0v) is 15.7. The second-order valence-electron chi connectivity index (χ2n) is 6.62. The molecular formula is C22H22N2O4. The molecular weight excluding hydrogens is 356 g/mol. The van der Waals surface area contributed by atoms with Crippen LogP contribution in [0.2, 0.25) is 0 Å². The van der Waals surface area contributed by atoms with Gasteiger partial charge in [-0.15, -0.1) is 0 Å². The number of amides is 2. The molecule has 3 rings (SSSR count). The van der Waals surface area contributed by atoms with Crippen LogP contribution in [-0.4, -0.2) is 17.8 Å². The Morgan fingerprint density at radius 1 is 0.929 bits per heavy atom. The topological polar surface area (TPSA) is 84.5 Å². The quantitative estimate of drug-likeness (QED) is 0.461. The van der Waals surface area contributed by atoms with Gasteiger partial charge in [-0.1, -0.05) is 23.8 Å². The van der Waals surface area contributed by atoms with Gasteiger partial charge in [-0.05, 0) is 56.0 Å². The summed E-state index contributed by atoms with van der Waals surface area (Å²) in [6, 6.07) is 13.3. The molecule has 144 valence electrons. The Morgan fingerprint density at radius 2 is 1.61 bits per heavy atom. The first kappa shape index (κ1) is 19.4. The Kier molecular flexibility index (Phi) is 6.22. The molecule has 1 aliphatic carbocycles. The van der Waals surface area contributed by atoms with Crippen molar-refractivity contribution < 1.29 is 19.1 Å². The fourth-order valence-corrected chi connectivity index (χ4v) is 3.09. The number of carbonyl (C=O) groups excluding carboxylic acids is 3. The first-order chi connectivity index (χ1) is 13.5. The van der Waals surface area contributed by atoms with E-state index in [1.54, 1.807) is 48.5 Å². The zero-order chi connectivity index (χ0) is 19.9. The molecule has 2 N–H and O–H groups in total. The lowest BCUT2D eigenvalue weighted by atomic mass is 10.2. The Balaban J connectivity index is 1.72. The standard InChI is InChI=1S/C22H22N2O4/c1-15(25)28-18-10-6-9-17(14-18)22(27)24-20-12-5-4-11-19(20)23-21(26)13-16-7-2-3-8-16/h4-6,9-14H,2-3,7-8H2,1H3,(H,23,26)(H,24,27). The van der Waals surface area contributed by atoms with Crippen LogP contribution in [0, 0.1) is 0 Å². The average Bonchev–Trinajstić information content (AvgIpc) is 3.16. The number of para-hydroxylation sites is 2. The van der Waals surface area contributed by atoms with Gasteiger partial charge in [0.2, 0.25) is 5.91 Å². The summed E-state index contributed by atoms with van der Waals surface area (Å²) in [4.78, 5) is 36.0. The molecule has 0 radical (unpaired) electrons. The Labute approximate surface area is 163 Å². The van der Waals surface area contributed by atoms with Gasteiger partial charge >= 0.3 is 5.97 Å². The minimum atomic E-state index is -0.456. The van der Waals surface area contributed by atoms with Gasteiger partial charge < -0.3 is 15.4 Å². The van der Waals surface area contributed by atoms with Gasteiger partial charge in [0.05, 0.1) is 11.4 Å². The number of carbonyl (C=O) groups is 3. The van der Waals surface area contributed by atoms with Crippen LogP contribution in [-0.2, 0) is 9.59 Å². The Morgan fingerprint density at radius 3 is 2.29 bits per heavy atom. The summed E-state index contributed by atoms with van der Waals surface area (Å²) in [6.45, 7) is 1.30. The van der Waals surface area contributed by atoms with Crippen LogP contribution in [0.15, 0.2) is 60.2 Å². The molecule has 0 unspecified atom stereocenters. The summed E-state index contributed by atoms with van der Waals surface area (Å²) < 4.78 is 5.01. The van der Waals surface area contributed by atoms with Crippen LogP contribution in [0.3, 0.4) is 0 Å². The van der Waals surface area contributed by atoms with E-state index in [9.17, 15) is 14.4 Å². The van der Waals surface area contributed by atoms with Crippen LogP contribution in [0.4, 0.5) is 11.4 Å². The van der Waals surface area contributed by atoms with E-state index in [0.717, 1.165) is 31.3 Å². The third-order valence-electron chi connectivity index (χ3n) is 4.37. The number of benzene rings is 2. The number of ether oxygens (including phenoxy) is 1. The van der Waals surface area contributed by atoms with E-state index in [0.29, 0.717) is 22.7 Å². The van der Waals surface area contributed by atoms with E-state index >= 15 is 0 Å². The van der Waals surface area contributed by atoms with Gasteiger partial charge in [-0.25, -0.2) is 0 Å². The van der Waals surface area contributed by atoms with E-state index in [2.05, 4.69) is 10.6 Å². The van der Waals surface area contributed by atoms with Crippen LogP contribution < -0.4 is 15.4 Å². The van der Waals surface area contributed by atoms with E-state index in [-0.39, 0.29) is 11.8 Å². The first-order valence-electron chi connectivity index (χ1n) is 9.20. The number of rotatable bonds is 5. The summed E-state index contributed by atoms with van der Waals surface area (Å²) in [5.74, 6) is -0.729. The molecule has 0 bridgehead atoms. The lowest BCUT2D eigenvalue weighted by Crippen LogP contribution is -2.16. The van der Waals surface area contributed by atoms with Crippen LogP contribution in [0.5, 0.6) is 5.75 Å². The van der Waals surface area contributed by atoms with Crippen molar-refractivity contribution in [3.05, 3.63) is 65.7 Å². The second-order valence-corrected chi connectivity index (χ2v) is 6.62. The number of anilines is 2. The minimum Gasteiger partial charge on any atom is -0.427 e. The highest BCUT2D eigenvalue weighted by Gasteiger charge is 2.13. The van der Waals surface area contributed by atoms with Gasteiger partial charge in [-0.3, -0.25) is 14.4 Å². The fraction of sp³-hybridized carbons (Fsp3) is 0.227. The highest BCUT2D eigenvalue weighted by molar-refractivity contribution is 6.08. The lowest BCUT2D eigenvalue weighted by molar-refractivity contribution is -0.131. The highest BCUT2D eigenvalue weighted by Crippen LogP contribution is 2.25. The van der Waals surface area contributed by atoms with Gasteiger partial charge in [0, 0.05) is 18.6 Å². The molecule has 0 aliphatic heterocycles. The molecule has 0 saturated heterocycles. The molecule has 2 aromatic carbocycles. The predicted molar refractivity (Wildman–Crippen MR) is 107 cm³/mol. The smallest absolute Gasteiger partial charge is 0.308 e. The Bertz CT molecular complexity index is 926. The summed E-state index contributed by atoms with van der Waals surface area (Å²) in [5.41, 5.74) is 2.50. The molecule has 2 aromatic rings. The summed E-state index contributed by atoms with van der Waals surface area (Å²) in [6.07, 6.45) is 5.82. The van der Waals surface area contributed by atoms with E-state index in [1.165, 1.54) is 13.0 Å². The van der Waals surface area contributed by atoms with E-state index in [1.807, 2.05) is 0 Å². The molecule has 1 saturated carbocycles. The van der Waals surface area contributed by atoms with Gasteiger partial charge in [0.25, 0.3) is 5.91 Å². The van der Waals surface area contributed by atoms with Crippen LogP contribution in [0.25, 0.3) is 0 Å². The summed E-state index contributed by atoms with van der Waals surface area (Å²) in [7, 11) is 0. The van der Waals surface area contributed by atoms with Crippen molar-refractivity contribution >= 4 is 29.2 Å². The fourth-order valence-electron chi connectivity index (χ4n) is 3.09. The number of hydrogen-bond donors (Lipinski definition) is 2. The molecule has 28 heavy (non-hydrogen) atoms. The van der Waals surface area contributed by atoms with Gasteiger partial charge in [0.15, 0.2) is 0 Å². The molecule has 2 amide bonds. The van der Waals surface area contributed by atoms with Gasteiger partial charge in [0.1, 0.15) is 5.75 Å². The van der Waals surface area contributed by atoms with E-state index in [4.69, 9.17) is 4.74 Å². The number of esters is 1. The lowest BCUT2D eigenvalue weighted by Gasteiger charge is -2.12. The molecule has 0 heterocycles. The van der Waals surface area contributed by atoms with Crippen molar-refractivity contribution in [2.24, 2.45) is 0 Å². The monoisotopic (exact) mass is 378 g/mol. The predicted octanol–water partition coefficient (Wildman–Crippen LogP) is 4.30. The molecule has 6 nitrogen and oxygen atoms in total. The summed E-state index contributed by atoms with van der Waals surface area (Å²) >= 11 is 0. The Hall–Kier alpha value is -3.41. The molecule has 0 aromatic heterocycles. The first-order valence-corrected chi connectivity index (χ1v) is 9.20. The third kappa shape index (κ3) is 5.30. The van der Waals surface area contributed by atoms with Crippen molar-refractivity contribution in [2.45, 2.75) is 32.6 Å². The van der Waals surface area contributed by atoms with Crippen molar-refractivity contribution in [3.8, 4) is 5.75 Å². The zero-order valence-electron chi connectivity index (χ0n) is 15.7. The largest absolute Gasteiger partial charge is 0.427 e. The molecule has 0 atom stereocenters. The second kappa shape index (κ2) is 8.99. The molecule has 1 fully saturated rings. The van der Waals surface area contributed by atoms with Crippen molar-refractivity contribution in [3.63, 3.8) is 0 Å². The number of nitrogens with one attached hydrogen (secondary N) is 2. The number of allylic oxidation sites excluding steroid dienone is 1. The van der Waals surface area contributed by atoms with Gasteiger partial charge in [-0.2, -0.15) is 0 Å². The molecule has 1 aliphatic rings.